The molecule has 0 amide bonds. The maximum Gasteiger partial charge on any atom is 0.423 e. The molecule has 3 aromatic heterocycles. The van der Waals surface area contributed by atoms with E-state index < -0.39 is 0 Å². The fourth-order valence-electron chi connectivity index (χ4n) is 5.42. The molecular formula is C27H16BN3S2. The van der Waals surface area contributed by atoms with Gasteiger partial charge in [0.1, 0.15) is 0 Å². The monoisotopic (exact) mass is 457 g/mol. The molecule has 33 heavy (non-hydrogen) atoms. The highest BCUT2D eigenvalue weighted by atomic mass is 32.1. The molecule has 2 aliphatic heterocycles. The van der Waals surface area contributed by atoms with E-state index in [-0.39, 0.29) is 6.98 Å². The van der Waals surface area contributed by atoms with Gasteiger partial charge in [0.2, 0.25) is 0 Å². The highest BCUT2D eigenvalue weighted by Crippen LogP contribution is 2.52. The van der Waals surface area contributed by atoms with E-state index in [1.54, 1.807) is 11.3 Å². The van der Waals surface area contributed by atoms with E-state index in [1.807, 2.05) is 17.5 Å². The lowest BCUT2D eigenvalue weighted by Gasteiger charge is -2.34. The molecule has 0 radical (unpaired) electrons. The molecule has 0 spiro atoms. The van der Waals surface area contributed by atoms with Gasteiger partial charge in [-0.25, -0.2) is 0 Å². The maximum absolute atomic E-state index is 4.83. The fraction of sp³-hybridized carbons (Fsp3) is 0. The normalized spacial score (nSPS) is 13.9. The van der Waals surface area contributed by atoms with Crippen LogP contribution in [0.4, 0.5) is 22.7 Å². The summed E-state index contributed by atoms with van der Waals surface area (Å²) in [4.78, 5) is 11.0. The van der Waals surface area contributed by atoms with E-state index in [2.05, 4.69) is 99.9 Å². The van der Waals surface area contributed by atoms with Crippen molar-refractivity contribution < 1.29 is 0 Å². The second kappa shape index (κ2) is 6.47. The summed E-state index contributed by atoms with van der Waals surface area (Å²) >= 11 is 3.64. The van der Waals surface area contributed by atoms with E-state index >= 15 is 0 Å². The molecule has 0 atom stereocenters. The Morgan fingerprint density at radius 3 is 2.45 bits per heavy atom. The first kappa shape index (κ1) is 17.9. The van der Waals surface area contributed by atoms with Gasteiger partial charge >= 0.3 is 6.98 Å². The van der Waals surface area contributed by atoms with Crippen molar-refractivity contribution in [3.05, 3.63) is 96.5 Å². The number of rotatable bonds is 1. The van der Waals surface area contributed by atoms with Crippen LogP contribution in [0.3, 0.4) is 0 Å². The van der Waals surface area contributed by atoms with E-state index in [0.29, 0.717) is 0 Å². The first-order valence-electron chi connectivity index (χ1n) is 11.0. The smallest absolute Gasteiger partial charge is 0.360 e. The Morgan fingerprint density at radius 1 is 0.697 bits per heavy atom. The highest BCUT2D eigenvalue weighted by molar-refractivity contribution is 7.25. The van der Waals surface area contributed by atoms with Gasteiger partial charge in [-0.1, -0.05) is 36.4 Å². The maximum atomic E-state index is 4.83. The Bertz CT molecular complexity index is 1720. The first-order valence-corrected chi connectivity index (χ1v) is 12.7. The van der Waals surface area contributed by atoms with Gasteiger partial charge in [0.25, 0.3) is 0 Å². The molecule has 3 nitrogen and oxygen atoms in total. The van der Waals surface area contributed by atoms with Crippen molar-refractivity contribution in [2.45, 2.75) is 0 Å². The summed E-state index contributed by atoms with van der Waals surface area (Å²) in [5, 5.41) is 4.83. The number of thiophene rings is 2. The largest absolute Gasteiger partial charge is 0.423 e. The Balaban J connectivity index is 1.42. The van der Waals surface area contributed by atoms with Crippen LogP contribution >= 0.6 is 22.7 Å². The third-order valence-corrected chi connectivity index (χ3v) is 8.83. The Morgan fingerprint density at radius 2 is 1.52 bits per heavy atom. The quantitative estimate of drug-likeness (QED) is 0.244. The molecule has 6 aromatic rings. The number of nitrogens with zero attached hydrogens (tertiary/aromatic N) is 3. The Kier molecular flexibility index (Phi) is 3.51. The van der Waals surface area contributed by atoms with E-state index in [4.69, 9.17) is 4.98 Å². The van der Waals surface area contributed by atoms with Crippen molar-refractivity contribution in [2.75, 3.05) is 9.62 Å². The Hall–Kier alpha value is -3.61. The third kappa shape index (κ3) is 2.32. The lowest BCUT2D eigenvalue weighted by molar-refractivity contribution is 1.31. The van der Waals surface area contributed by atoms with Crippen LogP contribution < -0.4 is 15.1 Å². The molecule has 0 unspecified atom stereocenters. The molecular weight excluding hydrogens is 441 g/mol. The Labute approximate surface area is 199 Å². The van der Waals surface area contributed by atoms with Crippen LogP contribution in [0.15, 0.2) is 96.5 Å². The molecule has 0 saturated heterocycles. The van der Waals surface area contributed by atoms with Crippen molar-refractivity contribution in [1.29, 1.82) is 0 Å². The number of fused-ring (bicyclic) bond motifs is 11. The molecule has 2 aliphatic rings. The molecule has 0 N–H and O–H groups in total. The van der Waals surface area contributed by atoms with Crippen LogP contribution in [0.1, 0.15) is 0 Å². The fourth-order valence-corrected chi connectivity index (χ4v) is 7.41. The van der Waals surface area contributed by atoms with Gasteiger partial charge < -0.3 is 9.62 Å². The minimum atomic E-state index is 0.0375. The van der Waals surface area contributed by atoms with Gasteiger partial charge in [0.15, 0.2) is 0 Å². The number of hydrogen-bond acceptors (Lipinski definition) is 5. The predicted molar refractivity (Wildman–Crippen MR) is 143 cm³/mol. The predicted octanol–water partition coefficient (Wildman–Crippen LogP) is 7.18. The number of benzene rings is 3. The van der Waals surface area contributed by atoms with E-state index in [9.17, 15) is 0 Å². The van der Waals surface area contributed by atoms with Crippen molar-refractivity contribution in [3.8, 4) is 10.6 Å². The number of para-hydroxylation sites is 2. The van der Waals surface area contributed by atoms with Gasteiger partial charge in [0.05, 0.1) is 27.6 Å². The molecule has 0 aliphatic carbocycles. The summed E-state index contributed by atoms with van der Waals surface area (Å²) in [6.45, 7) is 0.0375. The summed E-state index contributed by atoms with van der Waals surface area (Å²) in [7, 11) is 0. The summed E-state index contributed by atoms with van der Waals surface area (Å²) in [6.07, 6.45) is 1.91. The molecule has 6 heteroatoms. The molecule has 0 saturated carbocycles. The third-order valence-electron chi connectivity index (χ3n) is 6.76. The topological polar surface area (TPSA) is 19.4 Å². The molecule has 3 aromatic carbocycles. The second-order valence-corrected chi connectivity index (χ2v) is 10.5. The van der Waals surface area contributed by atoms with Crippen LogP contribution in [0.25, 0.3) is 30.7 Å². The number of hydrogen-bond donors (Lipinski definition) is 0. The van der Waals surface area contributed by atoms with Crippen LogP contribution in [0, 0.1) is 0 Å². The van der Waals surface area contributed by atoms with Gasteiger partial charge in [-0.2, -0.15) is 0 Å². The summed E-state index contributed by atoms with van der Waals surface area (Å²) in [6, 6.07) is 30.9. The lowest BCUT2D eigenvalue weighted by Crippen LogP contribution is -2.55. The molecule has 0 bridgehead atoms. The first-order chi connectivity index (χ1) is 16.4. The SMILES string of the molecule is c1cnc2c(c1)B1N(c3ccc4sc5ccccc5c4c3)c3ccccc3N1c1ccsc1-2. The molecule has 154 valence electrons. The van der Waals surface area contributed by atoms with E-state index in [1.165, 1.54) is 53.3 Å². The molecule has 5 heterocycles. The lowest BCUT2D eigenvalue weighted by atomic mass is 9.61. The van der Waals surface area contributed by atoms with Crippen molar-refractivity contribution in [3.63, 3.8) is 0 Å². The van der Waals surface area contributed by atoms with Gasteiger partial charge in [-0.3, -0.25) is 4.98 Å². The summed E-state index contributed by atoms with van der Waals surface area (Å²) < 4.78 is 2.67. The van der Waals surface area contributed by atoms with Crippen LogP contribution in [-0.4, -0.2) is 12.0 Å². The van der Waals surface area contributed by atoms with Crippen LogP contribution in [-0.2, 0) is 0 Å². The molecule has 0 fully saturated rings. The minimum absolute atomic E-state index is 0.0375. The van der Waals surface area contributed by atoms with Gasteiger partial charge in [-0.05, 0) is 59.4 Å². The van der Waals surface area contributed by atoms with Crippen LogP contribution in [0.2, 0.25) is 0 Å². The minimum Gasteiger partial charge on any atom is -0.360 e. The average molecular weight is 457 g/mol. The van der Waals surface area contributed by atoms with Crippen molar-refractivity contribution in [2.24, 2.45) is 0 Å². The average Bonchev–Trinajstić information content (AvgIpc) is 3.57. The number of pyridine rings is 1. The number of anilines is 4. The number of aromatic nitrogens is 1. The zero-order valence-electron chi connectivity index (χ0n) is 17.5. The summed E-state index contributed by atoms with van der Waals surface area (Å²) in [5.74, 6) is 0. The zero-order chi connectivity index (χ0) is 21.5. The highest BCUT2D eigenvalue weighted by Gasteiger charge is 2.48. The van der Waals surface area contributed by atoms with Crippen molar-refractivity contribution >= 4 is 78.0 Å². The van der Waals surface area contributed by atoms with E-state index in [0.717, 1.165) is 5.69 Å². The van der Waals surface area contributed by atoms with Crippen molar-refractivity contribution in [1.82, 2.24) is 4.98 Å². The summed E-state index contributed by atoms with van der Waals surface area (Å²) in [5.41, 5.74) is 7.28. The zero-order valence-corrected chi connectivity index (χ0v) is 19.1. The van der Waals surface area contributed by atoms with Crippen LogP contribution in [0.5, 0.6) is 0 Å². The van der Waals surface area contributed by atoms with Gasteiger partial charge in [-0.15, -0.1) is 22.7 Å². The standard InChI is InChI=1S/C27H16BN3S2/c1-4-10-24-18(6-1)19-16-17(11-12-25(19)33-24)30-21-8-2-3-9-22(21)31-23-13-15-32-27(23)26-20(28(30)31)7-5-14-29-26/h1-16H. The van der Waals surface area contributed by atoms with Gasteiger partial charge in [0, 0.05) is 32.1 Å². The second-order valence-electron chi connectivity index (χ2n) is 8.46. The molecule has 8 rings (SSSR count).